The summed E-state index contributed by atoms with van der Waals surface area (Å²) in [5, 5.41) is 0. The molecule has 9 rings (SSSR count). The van der Waals surface area contributed by atoms with Crippen LogP contribution in [0.25, 0.3) is 66.8 Å². The summed E-state index contributed by atoms with van der Waals surface area (Å²) in [6.07, 6.45) is 0. The van der Waals surface area contributed by atoms with E-state index < -0.39 is 85.6 Å². The monoisotopic (exact) mass is 1360 g/mol. The second-order valence-corrected chi connectivity index (χ2v) is 31.8. The number of hydrogen-bond donors (Lipinski definition) is 0. The number of benzene rings is 9. The summed E-state index contributed by atoms with van der Waals surface area (Å²) in [6.45, 7) is 58.5. The van der Waals surface area contributed by atoms with Crippen molar-refractivity contribution in [3.8, 4) is 66.8 Å². The molecule has 9 aromatic carbocycles. The van der Waals surface area contributed by atoms with Gasteiger partial charge in [0.15, 0.2) is 40.7 Å². The van der Waals surface area contributed by atoms with Crippen molar-refractivity contribution in [2.24, 2.45) is 0 Å². The fourth-order valence-corrected chi connectivity index (χ4v) is 14.7. The van der Waals surface area contributed by atoms with Gasteiger partial charge in [-0.1, -0.05) is 259 Å². The van der Waals surface area contributed by atoms with Crippen LogP contribution in [0.3, 0.4) is 0 Å². The summed E-state index contributed by atoms with van der Waals surface area (Å²) >= 11 is 0. The van der Waals surface area contributed by atoms with Crippen LogP contribution in [-0.4, -0.2) is 0 Å². The van der Waals surface area contributed by atoms with E-state index in [1.807, 2.05) is 0 Å². The van der Waals surface area contributed by atoms with Crippen LogP contribution in [0.2, 0.25) is 0 Å². The van der Waals surface area contributed by atoms with Gasteiger partial charge in [0, 0.05) is 5.56 Å². The Labute approximate surface area is 588 Å². The van der Waals surface area contributed by atoms with E-state index in [4.69, 9.17) is 0 Å². The molecule has 9 heteroatoms. The third-order valence-electron chi connectivity index (χ3n) is 18.8. The smallest absolute Gasteiger partial charge is 0.200 e. The van der Waals surface area contributed by atoms with E-state index in [9.17, 15) is 39.5 Å². The Balaban J connectivity index is 0.000000236. The largest absolute Gasteiger partial charge is 0.206 e. The zero-order chi connectivity index (χ0) is 73.8. The first-order chi connectivity index (χ1) is 45.3. The molecule has 530 valence electrons. The Morgan fingerprint density at radius 3 is 0.737 bits per heavy atom. The number of aryl methyl sites for hydroxylation is 7. The Hall–Kier alpha value is -7.65. The first-order valence-electron chi connectivity index (χ1n) is 34.5. The molecule has 0 aliphatic rings. The van der Waals surface area contributed by atoms with Crippen LogP contribution in [0.4, 0.5) is 39.5 Å². The van der Waals surface area contributed by atoms with E-state index in [0.29, 0.717) is 29.6 Å². The molecule has 99 heavy (non-hydrogen) atoms. The normalized spacial score (nSPS) is 12.0. The van der Waals surface area contributed by atoms with Crippen molar-refractivity contribution in [2.75, 3.05) is 0 Å². The molecule has 0 N–H and O–H groups in total. The van der Waals surface area contributed by atoms with E-state index >= 15 is 0 Å². The molecule has 0 saturated carbocycles. The van der Waals surface area contributed by atoms with Crippen LogP contribution in [0.1, 0.15) is 258 Å². The second kappa shape index (κ2) is 30.7. The molecule has 0 nitrogen and oxygen atoms in total. The lowest BCUT2D eigenvalue weighted by Crippen LogP contribution is -2.17. The third-order valence-corrected chi connectivity index (χ3v) is 18.8. The van der Waals surface area contributed by atoms with Crippen molar-refractivity contribution in [1.29, 1.82) is 0 Å². The van der Waals surface area contributed by atoms with Crippen molar-refractivity contribution in [1.82, 2.24) is 0 Å². The van der Waals surface area contributed by atoms with Gasteiger partial charge in [0.1, 0.15) is 5.82 Å². The van der Waals surface area contributed by atoms with Gasteiger partial charge in [-0.2, -0.15) is 0 Å². The van der Waals surface area contributed by atoms with Gasteiger partial charge in [-0.15, -0.1) is 0 Å². The minimum Gasteiger partial charge on any atom is -0.206 e. The molecule has 0 heterocycles. The van der Waals surface area contributed by atoms with Gasteiger partial charge in [0.25, 0.3) is 0 Å². The summed E-state index contributed by atoms with van der Waals surface area (Å²) in [6, 6.07) is 36.2. The standard InChI is InChI=1S/C38H54.C28H34.C23H15F9.CH4/c1-22(2)28-20-33(25(7)8)36(34(21-28)26(9)10)30-17-15-16-29(37(30)38(12,13)14)35-31(23(3)4)18-27(11)19-32(35)24(5)6;1-17-13-19(3)25(20(4)14-17)23-11-10-12-24(27(23)28(7,8)9)26-21(5)15-18(2)16-22(26)6;1-8-14(24)11(16(26)19(29)15(8)25)9-6-5-7-10(13(9)23(2,3)4)12-17(27)20(30)22(32)21(31)18(12)28;/h15-26H,1-14H3;10-16H,1-9H3;5-7H,1-4H3;1H4. The van der Waals surface area contributed by atoms with E-state index in [1.165, 1.54) is 143 Å². The van der Waals surface area contributed by atoms with Gasteiger partial charge in [-0.3, -0.25) is 0 Å². The molecule has 0 spiro atoms. The number of halogens is 9. The Morgan fingerprint density at radius 1 is 0.253 bits per heavy atom. The summed E-state index contributed by atoms with van der Waals surface area (Å²) in [7, 11) is 0. The summed E-state index contributed by atoms with van der Waals surface area (Å²) in [4.78, 5) is 0. The molecule has 0 bridgehead atoms. The summed E-state index contributed by atoms with van der Waals surface area (Å²) < 4.78 is 128. The molecule has 0 aliphatic carbocycles. The van der Waals surface area contributed by atoms with Crippen LogP contribution in [0, 0.1) is 108 Å². The number of hydrogen-bond acceptors (Lipinski definition) is 0. The van der Waals surface area contributed by atoms with Gasteiger partial charge in [0.05, 0.1) is 11.1 Å². The van der Waals surface area contributed by atoms with Crippen LogP contribution in [0.15, 0.2) is 103 Å². The fraction of sp³-hybridized carbons (Fsp3) is 0.400. The van der Waals surface area contributed by atoms with E-state index in [2.05, 4.69) is 244 Å². The van der Waals surface area contributed by atoms with Crippen molar-refractivity contribution < 1.29 is 39.5 Å². The Morgan fingerprint density at radius 2 is 0.475 bits per heavy atom. The number of rotatable bonds is 11. The minimum atomic E-state index is -2.37. The quantitative estimate of drug-likeness (QED) is 0.0688. The van der Waals surface area contributed by atoms with Crippen LogP contribution < -0.4 is 0 Å². The highest BCUT2D eigenvalue weighted by Crippen LogP contribution is 2.51. The van der Waals surface area contributed by atoms with Gasteiger partial charge in [-0.05, 0) is 224 Å². The molecule has 0 atom stereocenters. The van der Waals surface area contributed by atoms with Gasteiger partial charge >= 0.3 is 0 Å². The third kappa shape index (κ3) is 16.2. The molecule has 0 aliphatic heterocycles. The molecule has 0 aromatic heterocycles. The van der Waals surface area contributed by atoms with Crippen molar-refractivity contribution in [2.45, 2.75) is 240 Å². The first-order valence-corrected chi connectivity index (χ1v) is 34.5. The lowest BCUT2D eigenvalue weighted by Gasteiger charge is -2.32. The van der Waals surface area contributed by atoms with E-state index in [-0.39, 0.29) is 23.8 Å². The molecular formula is C90H107F9. The second-order valence-electron chi connectivity index (χ2n) is 31.8. The lowest BCUT2D eigenvalue weighted by atomic mass is 9.72. The molecule has 0 saturated heterocycles. The minimum absolute atomic E-state index is 0. The SMILES string of the molecule is C.Cc1c(F)c(F)c(F)c(-c2cccc(-c3c(F)c(F)c(F)c(F)c3F)c2C(C)(C)C)c1F.Cc1cc(C(C)C)c(-c2cccc(-c3c(C(C)C)cc(C(C)C)cc3C(C)C)c2C(C)(C)C)c(C(C)C)c1.Cc1cc(C)c(-c2cccc(-c3c(C)cc(C)cc3C)c2C(C)(C)C)c(C)c1. The van der Waals surface area contributed by atoms with Crippen LogP contribution in [-0.2, 0) is 16.2 Å². The summed E-state index contributed by atoms with van der Waals surface area (Å²) in [5.41, 5.74) is 25.5. The Kier molecular flexibility index (Phi) is 24.9. The predicted molar refractivity (Wildman–Crippen MR) is 403 cm³/mol. The molecule has 0 amide bonds. The van der Waals surface area contributed by atoms with Crippen molar-refractivity contribution in [3.63, 3.8) is 0 Å². The zero-order valence-corrected chi connectivity index (χ0v) is 63.1. The first kappa shape index (κ1) is 80.3. The molecule has 0 radical (unpaired) electrons. The fourth-order valence-electron chi connectivity index (χ4n) is 14.7. The maximum Gasteiger partial charge on any atom is 0.200 e. The lowest BCUT2D eigenvalue weighted by molar-refractivity contribution is 0.381. The highest BCUT2D eigenvalue weighted by atomic mass is 19.2. The van der Waals surface area contributed by atoms with Crippen LogP contribution >= 0.6 is 0 Å². The topological polar surface area (TPSA) is 0 Å². The van der Waals surface area contributed by atoms with Crippen LogP contribution in [0.5, 0.6) is 0 Å². The molecule has 9 aromatic rings. The maximum absolute atomic E-state index is 14.9. The average Bonchev–Trinajstić information content (AvgIpc) is 0.745. The van der Waals surface area contributed by atoms with Gasteiger partial charge in [0.2, 0.25) is 5.82 Å². The summed E-state index contributed by atoms with van der Waals surface area (Å²) in [5.74, 6) is -15.8. The van der Waals surface area contributed by atoms with Crippen molar-refractivity contribution in [3.05, 3.63) is 244 Å². The van der Waals surface area contributed by atoms with Gasteiger partial charge in [-0.25, -0.2) is 39.5 Å². The maximum atomic E-state index is 14.9. The highest BCUT2D eigenvalue weighted by molar-refractivity contribution is 5.88. The van der Waals surface area contributed by atoms with E-state index in [1.54, 1.807) is 0 Å². The van der Waals surface area contributed by atoms with E-state index in [0.717, 1.165) is 25.1 Å². The molecule has 0 fully saturated rings. The molecular weight excluding hydrogens is 1250 g/mol. The van der Waals surface area contributed by atoms with Gasteiger partial charge < -0.3 is 0 Å². The molecule has 0 unspecified atom stereocenters. The average molecular weight is 1360 g/mol. The predicted octanol–water partition coefficient (Wildman–Crippen LogP) is 28.9. The highest BCUT2D eigenvalue weighted by Gasteiger charge is 2.36. The van der Waals surface area contributed by atoms with Crippen molar-refractivity contribution >= 4 is 0 Å². The zero-order valence-electron chi connectivity index (χ0n) is 63.1. The Bertz CT molecular complexity index is 4160.